The van der Waals surface area contributed by atoms with Crippen LogP contribution in [0, 0.1) is 20.2 Å². The van der Waals surface area contributed by atoms with Crippen molar-refractivity contribution in [2.45, 2.75) is 45.0 Å². The van der Waals surface area contributed by atoms with E-state index in [9.17, 15) is 20.2 Å². The summed E-state index contributed by atoms with van der Waals surface area (Å²) >= 11 is 1.50. The molecule has 0 spiro atoms. The van der Waals surface area contributed by atoms with E-state index in [1.807, 2.05) is 13.8 Å². The predicted octanol–water partition coefficient (Wildman–Crippen LogP) is 4.67. The van der Waals surface area contributed by atoms with Gasteiger partial charge in [-0.1, -0.05) is 26.7 Å². The predicted molar refractivity (Wildman–Crippen MR) is 103 cm³/mol. The fourth-order valence-corrected chi connectivity index (χ4v) is 3.88. The van der Waals surface area contributed by atoms with Crippen LogP contribution in [0.5, 0.6) is 0 Å². The number of nitro benzene ring substituents is 2. The van der Waals surface area contributed by atoms with Gasteiger partial charge in [-0.25, -0.2) is 0 Å². The second-order valence-corrected chi connectivity index (χ2v) is 7.36. The van der Waals surface area contributed by atoms with Crippen molar-refractivity contribution < 1.29 is 14.6 Å². The molecule has 1 aromatic carbocycles. The van der Waals surface area contributed by atoms with E-state index in [2.05, 4.69) is 0 Å². The zero-order valence-electron chi connectivity index (χ0n) is 15.2. The van der Waals surface area contributed by atoms with Gasteiger partial charge in [0.2, 0.25) is 0 Å². The van der Waals surface area contributed by atoms with Gasteiger partial charge in [0.1, 0.15) is 5.44 Å². The fourth-order valence-electron chi connectivity index (χ4n) is 2.95. The highest BCUT2D eigenvalue weighted by Crippen LogP contribution is 2.44. The maximum absolute atomic E-state index is 11.7. The Kier molecular flexibility index (Phi) is 7.65. The maximum Gasteiger partial charge on any atom is 0.300 e. The van der Waals surface area contributed by atoms with Gasteiger partial charge in [-0.05, 0) is 12.8 Å². The molecule has 1 saturated heterocycles. The minimum atomic E-state index is -0.518. The highest BCUT2D eigenvalue weighted by atomic mass is 32.2. The van der Waals surface area contributed by atoms with Crippen molar-refractivity contribution >= 4 is 28.8 Å². The summed E-state index contributed by atoms with van der Waals surface area (Å²) in [6.07, 6.45) is 3.46. The standard InChI is InChI=1S/C17H25N3O5S/c1-3-5-7-18(8-6-4-2)16-14(19(21)22)11-13(12-15(16)20(23)24)17-25-9-10-26-17/h11-12,17H,3-10H2,1-2H3. The minimum Gasteiger partial charge on any atom is -0.362 e. The first kappa shape index (κ1) is 20.4. The van der Waals surface area contributed by atoms with Gasteiger partial charge in [0.05, 0.1) is 16.5 Å². The molecule has 0 aromatic heterocycles. The van der Waals surface area contributed by atoms with Gasteiger partial charge in [0, 0.05) is 36.5 Å². The van der Waals surface area contributed by atoms with Crippen molar-refractivity contribution in [2.24, 2.45) is 0 Å². The molecule has 1 heterocycles. The highest BCUT2D eigenvalue weighted by molar-refractivity contribution is 7.99. The maximum atomic E-state index is 11.7. The fraction of sp³-hybridized carbons (Fsp3) is 0.647. The zero-order valence-corrected chi connectivity index (χ0v) is 16.0. The molecule has 144 valence electrons. The molecule has 1 unspecified atom stereocenters. The SMILES string of the molecule is CCCCN(CCCC)c1c([N+](=O)[O-])cc(C2OCCS2)cc1[N+](=O)[O-]. The third-order valence-electron chi connectivity index (χ3n) is 4.26. The van der Waals surface area contributed by atoms with E-state index in [4.69, 9.17) is 4.74 Å². The molecule has 2 rings (SSSR count). The van der Waals surface area contributed by atoms with Crippen molar-refractivity contribution in [1.29, 1.82) is 0 Å². The highest BCUT2D eigenvalue weighted by Gasteiger charge is 2.33. The molecule has 0 bridgehead atoms. The number of nitrogens with zero attached hydrogens (tertiary/aromatic N) is 3. The lowest BCUT2D eigenvalue weighted by Crippen LogP contribution is -2.27. The Morgan fingerprint density at radius 3 is 2.04 bits per heavy atom. The lowest BCUT2D eigenvalue weighted by molar-refractivity contribution is -0.392. The first-order valence-corrected chi connectivity index (χ1v) is 9.99. The van der Waals surface area contributed by atoms with Crippen LogP contribution in [0.25, 0.3) is 0 Å². The topological polar surface area (TPSA) is 98.8 Å². The third-order valence-corrected chi connectivity index (χ3v) is 5.37. The molecule has 0 N–H and O–H groups in total. The van der Waals surface area contributed by atoms with Crippen LogP contribution in [0.1, 0.15) is 50.5 Å². The van der Waals surface area contributed by atoms with E-state index < -0.39 is 9.85 Å². The summed E-state index contributed by atoms with van der Waals surface area (Å²) in [5.41, 5.74) is -0.203. The summed E-state index contributed by atoms with van der Waals surface area (Å²) in [6, 6.07) is 2.88. The summed E-state index contributed by atoms with van der Waals surface area (Å²) in [7, 11) is 0. The monoisotopic (exact) mass is 383 g/mol. The van der Waals surface area contributed by atoms with Gasteiger partial charge in [0.15, 0.2) is 5.69 Å². The Labute approximate surface area is 157 Å². The average Bonchev–Trinajstić information content (AvgIpc) is 3.15. The van der Waals surface area contributed by atoms with Crippen LogP contribution in [0.15, 0.2) is 12.1 Å². The van der Waals surface area contributed by atoms with E-state index in [1.54, 1.807) is 4.90 Å². The third kappa shape index (κ3) is 4.85. The van der Waals surface area contributed by atoms with Crippen molar-refractivity contribution in [3.05, 3.63) is 37.9 Å². The van der Waals surface area contributed by atoms with Crippen molar-refractivity contribution in [3.63, 3.8) is 0 Å². The summed E-state index contributed by atoms with van der Waals surface area (Å²) in [5.74, 6) is 0.771. The van der Waals surface area contributed by atoms with Crippen LogP contribution in [0.4, 0.5) is 17.1 Å². The first-order chi connectivity index (χ1) is 12.5. The summed E-state index contributed by atoms with van der Waals surface area (Å²) < 4.78 is 5.54. The van der Waals surface area contributed by atoms with Crippen LogP contribution in [-0.2, 0) is 4.74 Å². The van der Waals surface area contributed by atoms with Gasteiger partial charge in [-0.15, -0.1) is 11.8 Å². The summed E-state index contributed by atoms with van der Waals surface area (Å²) in [6.45, 7) is 5.72. The summed E-state index contributed by atoms with van der Waals surface area (Å²) in [4.78, 5) is 24.2. The lowest BCUT2D eigenvalue weighted by atomic mass is 10.1. The van der Waals surface area contributed by atoms with Crippen LogP contribution in [0.3, 0.4) is 0 Å². The van der Waals surface area contributed by atoms with Gasteiger partial charge in [-0.2, -0.15) is 0 Å². The van der Waals surface area contributed by atoms with Gasteiger partial charge < -0.3 is 9.64 Å². The molecule has 8 nitrogen and oxygen atoms in total. The minimum absolute atomic E-state index is 0.119. The van der Waals surface area contributed by atoms with Crippen LogP contribution in [-0.4, -0.2) is 35.3 Å². The Morgan fingerprint density at radius 2 is 1.65 bits per heavy atom. The molecular formula is C17H25N3O5S. The largest absolute Gasteiger partial charge is 0.362 e. The van der Waals surface area contributed by atoms with Gasteiger partial charge >= 0.3 is 0 Å². The van der Waals surface area contributed by atoms with Crippen molar-refractivity contribution in [1.82, 2.24) is 0 Å². The second-order valence-electron chi connectivity index (χ2n) is 6.19. The smallest absolute Gasteiger partial charge is 0.300 e. The first-order valence-electron chi connectivity index (χ1n) is 8.94. The molecule has 0 amide bonds. The number of rotatable bonds is 10. The molecule has 1 aromatic rings. The molecule has 0 radical (unpaired) electrons. The normalized spacial score (nSPS) is 16.6. The van der Waals surface area contributed by atoms with E-state index in [0.29, 0.717) is 25.3 Å². The Hall–Kier alpha value is -1.87. The number of thioether (sulfide) groups is 1. The number of anilines is 1. The van der Waals surface area contributed by atoms with E-state index in [0.717, 1.165) is 31.4 Å². The van der Waals surface area contributed by atoms with Crippen molar-refractivity contribution in [3.8, 4) is 0 Å². The summed E-state index contributed by atoms with van der Waals surface area (Å²) in [5, 5.41) is 23.4. The van der Waals surface area contributed by atoms with Crippen LogP contribution >= 0.6 is 11.8 Å². The number of hydrogen-bond donors (Lipinski definition) is 0. The average molecular weight is 383 g/mol. The number of ether oxygens (including phenoxy) is 1. The zero-order chi connectivity index (χ0) is 19.1. The van der Waals surface area contributed by atoms with Gasteiger partial charge in [0.25, 0.3) is 11.4 Å². The number of unbranched alkanes of at least 4 members (excludes halogenated alkanes) is 2. The Bertz CT molecular complexity index is 606. The molecule has 1 aliphatic heterocycles. The molecular weight excluding hydrogens is 358 g/mol. The van der Waals surface area contributed by atoms with Crippen LogP contribution in [0.2, 0.25) is 0 Å². The molecule has 0 aliphatic carbocycles. The van der Waals surface area contributed by atoms with E-state index >= 15 is 0 Å². The quantitative estimate of drug-likeness (QED) is 0.427. The number of hydrogen-bond acceptors (Lipinski definition) is 7. The lowest BCUT2D eigenvalue weighted by Gasteiger charge is -2.24. The molecule has 26 heavy (non-hydrogen) atoms. The molecule has 1 aliphatic rings. The number of nitro groups is 2. The van der Waals surface area contributed by atoms with E-state index in [1.165, 1.54) is 23.9 Å². The Balaban J connectivity index is 2.55. The molecule has 1 atom stereocenters. The van der Waals surface area contributed by atoms with E-state index in [-0.39, 0.29) is 22.5 Å². The Morgan fingerprint density at radius 1 is 1.12 bits per heavy atom. The molecule has 9 heteroatoms. The second kappa shape index (κ2) is 9.72. The van der Waals surface area contributed by atoms with Crippen molar-refractivity contribution in [2.75, 3.05) is 30.3 Å². The number of benzene rings is 1. The van der Waals surface area contributed by atoms with Gasteiger partial charge in [-0.3, -0.25) is 20.2 Å². The van der Waals surface area contributed by atoms with Crippen LogP contribution < -0.4 is 4.90 Å². The molecule has 1 fully saturated rings. The molecule has 0 saturated carbocycles.